The van der Waals surface area contributed by atoms with Crippen LogP contribution < -0.4 is 10.1 Å². The fraction of sp³-hybridized carbons (Fsp3) is 0.556. The van der Waals surface area contributed by atoms with Crippen molar-refractivity contribution >= 4 is 11.9 Å². The zero-order valence-electron chi connectivity index (χ0n) is 14.6. The molecule has 0 aromatic heterocycles. The number of rotatable bonds is 4. The van der Waals surface area contributed by atoms with Crippen LogP contribution in [0.3, 0.4) is 0 Å². The molecule has 23 heavy (non-hydrogen) atoms. The molecule has 1 N–H and O–H groups in total. The first-order chi connectivity index (χ1) is 10.5. The number of esters is 1. The van der Waals surface area contributed by atoms with Gasteiger partial charge in [0.15, 0.2) is 6.23 Å². The summed E-state index contributed by atoms with van der Waals surface area (Å²) in [5, 5.41) is 2.78. The van der Waals surface area contributed by atoms with Gasteiger partial charge in [0, 0.05) is 0 Å². The number of carbonyl (C=O) groups excluding carboxylic acids is 2. The normalized spacial score (nSPS) is 24.0. The Morgan fingerprint density at radius 3 is 2.22 bits per heavy atom. The predicted molar refractivity (Wildman–Crippen MR) is 87.1 cm³/mol. The number of β-lactam (4-membered cyclic amide) rings is 1. The summed E-state index contributed by atoms with van der Waals surface area (Å²) in [5.74, 6) is 0.410. The minimum Gasteiger partial charge on any atom is -0.470 e. The lowest BCUT2D eigenvalue weighted by molar-refractivity contribution is -0.164. The Bertz CT molecular complexity index is 600. The molecule has 0 bridgehead atoms. The molecule has 2 rings (SSSR count). The van der Waals surface area contributed by atoms with Gasteiger partial charge in [0.25, 0.3) is 0 Å². The maximum atomic E-state index is 12.0. The van der Waals surface area contributed by atoms with Gasteiger partial charge in [0.05, 0.1) is 5.56 Å². The van der Waals surface area contributed by atoms with Gasteiger partial charge in [-0.05, 0) is 57.9 Å². The zero-order chi connectivity index (χ0) is 17.4. The lowest BCUT2D eigenvalue weighted by Gasteiger charge is -2.48. The third kappa shape index (κ3) is 3.49. The Labute approximate surface area is 137 Å². The van der Waals surface area contributed by atoms with Crippen LogP contribution in [-0.2, 0) is 9.53 Å². The van der Waals surface area contributed by atoms with Gasteiger partial charge >= 0.3 is 5.97 Å². The summed E-state index contributed by atoms with van der Waals surface area (Å²) >= 11 is 0. The third-order valence-corrected chi connectivity index (χ3v) is 4.24. The molecule has 0 unspecified atom stereocenters. The van der Waals surface area contributed by atoms with E-state index >= 15 is 0 Å². The largest absolute Gasteiger partial charge is 0.470 e. The van der Waals surface area contributed by atoms with E-state index in [2.05, 4.69) is 5.32 Å². The second kappa shape index (κ2) is 5.87. The van der Waals surface area contributed by atoms with Gasteiger partial charge in [0.2, 0.25) is 5.91 Å². The molecule has 126 valence electrons. The first-order valence-electron chi connectivity index (χ1n) is 7.85. The van der Waals surface area contributed by atoms with Gasteiger partial charge in [-0.15, -0.1) is 0 Å². The lowest BCUT2D eigenvalue weighted by Crippen LogP contribution is -2.70. The van der Waals surface area contributed by atoms with E-state index in [1.165, 1.54) is 0 Å². The first kappa shape index (κ1) is 17.3. The molecule has 2 atom stereocenters. The molecule has 1 aromatic rings. The topological polar surface area (TPSA) is 64.6 Å². The Morgan fingerprint density at radius 1 is 1.22 bits per heavy atom. The number of benzene rings is 1. The third-order valence-electron chi connectivity index (χ3n) is 4.24. The van der Waals surface area contributed by atoms with Crippen molar-refractivity contribution in [3.8, 4) is 5.75 Å². The van der Waals surface area contributed by atoms with Gasteiger partial charge in [-0.2, -0.15) is 0 Å². The van der Waals surface area contributed by atoms with Gasteiger partial charge in [0.1, 0.15) is 16.8 Å². The molecule has 0 radical (unpaired) electrons. The molecule has 1 heterocycles. The van der Waals surface area contributed by atoms with Crippen LogP contribution in [0.25, 0.3) is 0 Å². The highest BCUT2D eigenvalue weighted by Gasteiger charge is 2.55. The van der Waals surface area contributed by atoms with E-state index in [-0.39, 0.29) is 24.0 Å². The van der Waals surface area contributed by atoms with Crippen LogP contribution in [0.4, 0.5) is 0 Å². The van der Waals surface area contributed by atoms with Crippen molar-refractivity contribution in [2.24, 2.45) is 11.3 Å². The van der Waals surface area contributed by atoms with E-state index in [1.807, 2.05) is 41.5 Å². The van der Waals surface area contributed by atoms with Crippen molar-refractivity contribution in [1.29, 1.82) is 0 Å². The van der Waals surface area contributed by atoms with Gasteiger partial charge < -0.3 is 14.8 Å². The van der Waals surface area contributed by atoms with Crippen LogP contribution in [0, 0.1) is 11.3 Å². The van der Waals surface area contributed by atoms with Crippen LogP contribution >= 0.6 is 0 Å². The zero-order valence-corrected chi connectivity index (χ0v) is 14.6. The van der Waals surface area contributed by atoms with Crippen molar-refractivity contribution in [2.75, 3.05) is 0 Å². The van der Waals surface area contributed by atoms with E-state index < -0.39 is 11.0 Å². The Morgan fingerprint density at radius 2 is 1.78 bits per heavy atom. The highest BCUT2D eigenvalue weighted by atomic mass is 16.6. The highest BCUT2D eigenvalue weighted by molar-refractivity contribution is 5.90. The summed E-state index contributed by atoms with van der Waals surface area (Å²) < 4.78 is 11.2. The lowest BCUT2D eigenvalue weighted by atomic mass is 9.71. The molecule has 0 saturated carbocycles. The van der Waals surface area contributed by atoms with Crippen molar-refractivity contribution < 1.29 is 19.1 Å². The Kier molecular flexibility index (Phi) is 4.42. The second-order valence-corrected chi connectivity index (χ2v) is 7.44. The van der Waals surface area contributed by atoms with E-state index in [9.17, 15) is 9.59 Å². The monoisotopic (exact) mass is 319 g/mol. The molecule has 1 saturated heterocycles. The number of nitrogens with one attached hydrogen (secondary N) is 1. The van der Waals surface area contributed by atoms with Gasteiger partial charge in [-0.25, -0.2) is 4.79 Å². The molecule has 5 nitrogen and oxygen atoms in total. The van der Waals surface area contributed by atoms with Crippen LogP contribution in [0.15, 0.2) is 24.3 Å². The minimum atomic E-state index is -0.538. The first-order valence-corrected chi connectivity index (χ1v) is 7.85. The maximum Gasteiger partial charge on any atom is 0.338 e. The van der Waals surface area contributed by atoms with E-state index in [4.69, 9.17) is 9.47 Å². The number of carbonyl (C=O) groups is 2. The molecular weight excluding hydrogens is 294 g/mol. The molecule has 1 aliphatic heterocycles. The smallest absolute Gasteiger partial charge is 0.338 e. The van der Waals surface area contributed by atoms with Crippen molar-refractivity contribution in [2.45, 2.75) is 53.4 Å². The van der Waals surface area contributed by atoms with Crippen LogP contribution in [0.5, 0.6) is 5.75 Å². The summed E-state index contributed by atoms with van der Waals surface area (Å²) in [6.45, 7) is 11.4. The fourth-order valence-electron chi connectivity index (χ4n) is 2.33. The average Bonchev–Trinajstić information content (AvgIpc) is 2.44. The standard InChI is InChI=1S/C18H25NO4/c1-11(2)18(6)15(21)19-16(18)22-13-9-7-12(8-10-13)14(20)23-17(3,4)5/h7-11,16H,1-6H3,(H,19,21)/t16-,18-/m0/s1. The molecule has 1 amide bonds. The number of ether oxygens (including phenoxy) is 2. The van der Waals surface area contributed by atoms with Gasteiger partial charge in [-0.1, -0.05) is 13.8 Å². The Balaban J connectivity index is 2.04. The SMILES string of the molecule is CC(C)[C@@]1(C)C(=O)N[C@H]1Oc1ccc(C(=O)OC(C)(C)C)cc1. The van der Waals surface area contributed by atoms with Crippen molar-refractivity contribution in [3.05, 3.63) is 29.8 Å². The van der Waals surface area contributed by atoms with E-state index in [1.54, 1.807) is 24.3 Å². The molecule has 5 heteroatoms. The number of amides is 1. The van der Waals surface area contributed by atoms with Crippen molar-refractivity contribution in [3.63, 3.8) is 0 Å². The van der Waals surface area contributed by atoms with Crippen LogP contribution in [-0.4, -0.2) is 23.7 Å². The highest BCUT2D eigenvalue weighted by Crippen LogP contribution is 2.39. The summed E-state index contributed by atoms with van der Waals surface area (Å²) in [5.41, 5.74) is -0.595. The second-order valence-electron chi connectivity index (χ2n) is 7.44. The summed E-state index contributed by atoms with van der Waals surface area (Å²) in [6.07, 6.45) is -0.359. The summed E-state index contributed by atoms with van der Waals surface area (Å²) in [7, 11) is 0. The van der Waals surface area contributed by atoms with E-state index in [0.717, 1.165) is 0 Å². The van der Waals surface area contributed by atoms with Crippen LogP contribution in [0.1, 0.15) is 51.9 Å². The van der Waals surface area contributed by atoms with Crippen molar-refractivity contribution in [1.82, 2.24) is 5.32 Å². The molecular formula is C18H25NO4. The fourth-order valence-corrected chi connectivity index (χ4v) is 2.33. The summed E-state index contributed by atoms with van der Waals surface area (Å²) in [6, 6.07) is 6.75. The number of hydrogen-bond acceptors (Lipinski definition) is 4. The quantitative estimate of drug-likeness (QED) is 0.684. The predicted octanol–water partition coefficient (Wildman–Crippen LogP) is 3.14. The van der Waals surface area contributed by atoms with Crippen LogP contribution in [0.2, 0.25) is 0 Å². The average molecular weight is 319 g/mol. The molecule has 1 fully saturated rings. The Hall–Kier alpha value is -2.04. The maximum absolute atomic E-state index is 12.0. The van der Waals surface area contributed by atoms with Gasteiger partial charge in [-0.3, -0.25) is 4.79 Å². The van der Waals surface area contributed by atoms with E-state index in [0.29, 0.717) is 11.3 Å². The molecule has 1 aromatic carbocycles. The molecule has 0 spiro atoms. The number of hydrogen-bond donors (Lipinski definition) is 1. The summed E-state index contributed by atoms with van der Waals surface area (Å²) in [4.78, 5) is 23.8. The molecule has 0 aliphatic carbocycles. The molecule has 1 aliphatic rings. The minimum absolute atomic E-state index is 0.00266.